The van der Waals surface area contributed by atoms with Crippen molar-refractivity contribution in [1.82, 2.24) is 9.80 Å². The summed E-state index contributed by atoms with van der Waals surface area (Å²) in [5.74, 6) is 0. The first kappa shape index (κ1) is 20.8. The van der Waals surface area contributed by atoms with Crippen LogP contribution in [0.3, 0.4) is 0 Å². The molecule has 0 radical (unpaired) electrons. The molecule has 0 unspecified atom stereocenters. The average molecular weight is 355 g/mol. The minimum Gasteiger partial charge on any atom is -0.372 e. The second-order valence-electron chi connectivity index (χ2n) is 7.63. The van der Waals surface area contributed by atoms with E-state index in [-0.39, 0.29) is 0 Å². The molecule has 0 bridgehead atoms. The molecule has 0 atom stereocenters. The van der Waals surface area contributed by atoms with Crippen molar-refractivity contribution in [1.29, 1.82) is 0 Å². The van der Waals surface area contributed by atoms with E-state index in [4.69, 9.17) is 0 Å². The van der Waals surface area contributed by atoms with Gasteiger partial charge in [0, 0.05) is 31.9 Å². The molecule has 2 rings (SSSR count). The number of rotatable bonds is 9. The van der Waals surface area contributed by atoms with Gasteiger partial charge >= 0.3 is 0 Å². The molecule has 1 fully saturated rings. The van der Waals surface area contributed by atoms with Crippen LogP contribution in [-0.4, -0.2) is 42.5 Å². The highest BCUT2D eigenvalue weighted by Gasteiger charge is 2.18. The summed E-state index contributed by atoms with van der Waals surface area (Å²) in [5.41, 5.74) is 5.69. The Balaban J connectivity index is 1.63. The molecule has 2 aliphatic rings. The van der Waals surface area contributed by atoms with Crippen molar-refractivity contribution in [2.45, 2.75) is 59.3 Å². The van der Waals surface area contributed by atoms with Gasteiger partial charge in [0.15, 0.2) is 0 Å². The van der Waals surface area contributed by atoms with Gasteiger partial charge in [0.25, 0.3) is 0 Å². The molecule has 144 valence electrons. The lowest BCUT2D eigenvalue weighted by Crippen LogP contribution is -2.46. The van der Waals surface area contributed by atoms with Crippen molar-refractivity contribution < 1.29 is 0 Å². The van der Waals surface area contributed by atoms with Crippen LogP contribution in [0.5, 0.6) is 0 Å². The van der Waals surface area contributed by atoms with Crippen molar-refractivity contribution in [3.05, 3.63) is 59.4 Å². The van der Waals surface area contributed by atoms with E-state index in [0.29, 0.717) is 0 Å². The van der Waals surface area contributed by atoms with Crippen molar-refractivity contribution in [3.63, 3.8) is 0 Å². The highest BCUT2D eigenvalue weighted by atomic mass is 15.3. The van der Waals surface area contributed by atoms with Gasteiger partial charge in [-0.3, -0.25) is 4.90 Å². The third-order valence-corrected chi connectivity index (χ3v) is 5.71. The first-order chi connectivity index (χ1) is 12.6. The van der Waals surface area contributed by atoms with Crippen LogP contribution in [0.2, 0.25) is 0 Å². The molecule has 0 saturated carbocycles. The molecule has 0 aromatic rings. The Morgan fingerprint density at radius 1 is 1.12 bits per heavy atom. The summed E-state index contributed by atoms with van der Waals surface area (Å²) in [6.45, 7) is 16.6. The first-order valence-corrected chi connectivity index (χ1v) is 10.4. The van der Waals surface area contributed by atoms with Crippen LogP contribution >= 0.6 is 0 Å². The quantitative estimate of drug-likeness (QED) is 0.290. The summed E-state index contributed by atoms with van der Waals surface area (Å²) in [4.78, 5) is 5.24. The summed E-state index contributed by atoms with van der Waals surface area (Å²) in [6, 6.07) is 0. The summed E-state index contributed by atoms with van der Waals surface area (Å²) < 4.78 is 0. The van der Waals surface area contributed by atoms with Crippen LogP contribution in [0.25, 0.3) is 0 Å². The second kappa shape index (κ2) is 11.2. The zero-order valence-electron chi connectivity index (χ0n) is 17.3. The van der Waals surface area contributed by atoms with E-state index in [1.807, 2.05) is 0 Å². The van der Waals surface area contributed by atoms with E-state index in [2.05, 4.69) is 67.5 Å². The van der Waals surface area contributed by atoms with Gasteiger partial charge in [-0.15, -0.1) is 0 Å². The minimum absolute atomic E-state index is 1.07. The number of hydrogen-bond acceptors (Lipinski definition) is 2. The summed E-state index contributed by atoms with van der Waals surface area (Å²) >= 11 is 0. The molecule has 0 amide bonds. The van der Waals surface area contributed by atoms with E-state index in [0.717, 1.165) is 6.42 Å². The highest BCUT2D eigenvalue weighted by molar-refractivity contribution is 5.30. The number of piperazine rings is 1. The Morgan fingerprint density at radius 3 is 2.46 bits per heavy atom. The Labute approximate surface area is 161 Å². The topological polar surface area (TPSA) is 6.48 Å². The van der Waals surface area contributed by atoms with Crippen LogP contribution in [0.15, 0.2) is 59.4 Å². The van der Waals surface area contributed by atoms with Crippen molar-refractivity contribution >= 4 is 0 Å². The molecule has 0 aromatic carbocycles. The van der Waals surface area contributed by atoms with Crippen LogP contribution < -0.4 is 0 Å². The standard InChI is InChI=1S/C24H38N2/c1-5-22(20-23(6-2)21(3)4)12-10-11-15-25-16-18-26(19-17-25)24-13-8-7-9-14-24/h5-8,13H,3,9-12,14-20H2,1-2,4H3/b22-5-,23-6+. The van der Waals surface area contributed by atoms with Gasteiger partial charge < -0.3 is 4.90 Å². The predicted octanol–water partition coefficient (Wildman–Crippen LogP) is 5.87. The molecule has 1 aliphatic carbocycles. The molecule has 0 aromatic heterocycles. The maximum absolute atomic E-state index is 4.10. The number of unbranched alkanes of at least 4 members (excludes halogenated alkanes) is 1. The van der Waals surface area contributed by atoms with Crippen LogP contribution in [0.1, 0.15) is 59.3 Å². The van der Waals surface area contributed by atoms with Gasteiger partial charge in [0.05, 0.1) is 0 Å². The maximum atomic E-state index is 4.10. The summed E-state index contributed by atoms with van der Waals surface area (Å²) in [6.07, 6.45) is 18.6. The Hall–Kier alpha value is -1.54. The zero-order valence-corrected chi connectivity index (χ0v) is 17.3. The molecule has 1 saturated heterocycles. The predicted molar refractivity (Wildman–Crippen MR) is 115 cm³/mol. The van der Waals surface area contributed by atoms with Gasteiger partial charge in [-0.25, -0.2) is 0 Å². The lowest BCUT2D eigenvalue weighted by atomic mass is 9.96. The van der Waals surface area contributed by atoms with Crippen LogP contribution in [0, 0.1) is 0 Å². The Morgan fingerprint density at radius 2 is 1.88 bits per heavy atom. The van der Waals surface area contributed by atoms with E-state index in [1.54, 1.807) is 11.3 Å². The lowest BCUT2D eigenvalue weighted by molar-refractivity contribution is 0.154. The van der Waals surface area contributed by atoms with Crippen molar-refractivity contribution in [2.24, 2.45) is 0 Å². The highest BCUT2D eigenvalue weighted by Crippen LogP contribution is 2.22. The van der Waals surface area contributed by atoms with E-state index < -0.39 is 0 Å². The van der Waals surface area contributed by atoms with Crippen LogP contribution in [0.4, 0.5) is 0 Å². The molecule has 2 heteroatoms. The molecular weight excluding hydrogens is 316 g/mol. The molecule has 2 nitrogen and oxygen atoms in total. The third-order valence-electron chi connectivity index (χ3n) is 5.71. The normalized spacial score (nSPS) is 19.7. The lowest BCUT2D eigenvalue weighted by Gasteiger charge is -2.37. The largest absolute Gasteiger partial charge is 0.372 e. The molecular formula is C24H38N2. The number of nitrogens with zero attached hydrogens (tertiary/aromatic N) is 2. The maximum Gasteiger partial charge on any atom is 0.0303 e. The average Bonchev–Trinajstić information content (AvgIpc) is 2.68. The summed E-state index contributed by atoms with van der Waals surface area (Å²) in [5, 5.41) is 0. The zero-order chi connectivity index (χ0) is 18.8. The SMILES string of the molecule is C=C(C)/C(=C/C)C/C(=C\C)CCCCN1CCN(C2=CC=CCC2)CC1. The summed E-state index contributed by atoms with van der Waals surface area (Å²) in [7, 11) is 0. The Kier molecular flexibility index (Phi) is 8.97. The third kappa shape index (κ3) is 6.64. The van der Waals surface area contributed by atoms with E-state index in [9.17, 15) is 0 Å². The second-order valence-corrected chi connectivity index (χ2v) is 7.63. The van der Waals surface area contributed by atoms with E-state index in [1.165, 1.54) is 76.0 Å². The van der Waals surface area contributed by atoms with Gasteiger partial charge in [0.2, 0.25) is 0 Å². The van der Waals surface area contributed by atoms with Gasteiger partial charge in [0.1, 0.15) is 0 Å². The molecule has 26 heavy (non-hydrogen) atoms. The molecule has 1 heterocycles. The minimum atomic E-state index is 1.07. The van der Waals surface area contributed by atoms with E-state index >= 15 is 0 Å². The van der Waals surface area contributed by atoms with Crippen molar-refractivity contribution in [3.8, 4) is 0 Å². The van der Waals surface area contributed by atoms with Gasteiger partial charge in [-0.1, -0.05) is 42.0 Å². The molecule has 1 aliphatic heterocycles. The fourth-order valence-corrected chi connectivity index (χ4v) is 3.88. The van der Waals surface area contributed by atoms with Crippen LogP contribution in [-0.2, 0) is 0 Å². The number of hydrogen-bond donors (Lipinski definition) is 0. The monoisotopic (exact) mass is 354 g/mol. The van der Waals surface area contributed by atoms with Gasteiger partial charge in [-0.05, 0) is 77.5 Å². The van der Waals surface area contributed by atoms with Gasteiger partial charge in [-0.2, -0.15) is 0 Å². The fraction of sp³-hybridized carbons (Fsp3) is 0.583. The smallest absolute Gasteiger partial charge is 0.0303 e. The van der Waals surface area contributed by atoms with Crippen molar-refractivity contribution in [2.75, 3.05) is 32.7 Å². The molecule has 0 spiro atoms. The first-order valence-electron chi connectivity index (χ1n) is 10.4. The Bertz CT molecular complexity index is 569. The molecule has 0 N–H and O–H groups in total. The fourth-order valence-electron chi connectivity index (χ4n) is 3.88. The number of allylic oxidation sites excluding steroid dienone is 9.